The third-order valence-electron chi connectivity index (χ3n) is 4.20. The summed E-state index contributed by atoms with van der Waals surface area (Å²) >= 11 is 0. The highest BCUT2D eigenvalue weighted by Gasteiger charge is 2.15. The molecule has 4 heteroatoms. The highest BCUT2D eigenvalue weighted by atomic mass is 35.5. The molecule has 1 aliphatic heterocycles. The second-order valence-corrected chi connectivity index (χ2v) is 5.46. The highest BCUT2D eigenvalue weighted by Crippen LogP contribution is 2.29. The maximum atomic E-state index is 8.88. The first-order valence-corrected chi connectivity index (χ1v) is 7.20. The quantitative estimate of drug-likeness (QED) is 0.719. The van der Waals surface area contributed by atoms with E-state index in [9.17, 15) is 0 Å². The Morgan fingerprint density at radius 1 is 1.00 bits per heavy atom. The van der Waals surface area contributed by atoms with E-state index in [1.54, 1.807) is 0 Å². The Balaban J connectivity index is 0.00000144. The fourth-order valence-electron chi connectivity index (χ4n) is 3.06. The minimum Gasteiger partial charge on any atom is -0.358 e. The molecule has 4 rings (SSSR count). The number of rotatable bonds is 1. The summed E-state index contributed by atoms with van der Waals surface area (Å²) in [7, 11) is 0. The predicted octanol–water partition coefficient (Wildman–Crippen LogP) is 3.77. The molecule has 1 aliphatic rings. The lowest BCUT2D eigenvalue weighted by atomic mass is 10.00. The van der Waals surface area contributed by atoms with E-state index in [4.69, 9.17) is 5.26 Å². The van der Waals surface area contributed by atoms with E-state index in [1.807, 2.05) is 24.3 Å². The average Bonchev–Trinajstić information content (AvgIpc) is 2.93. The molecule has 2 heterocycles. The van der Waals surface area contributed by atoms with Gasteiger partial charge in [0.25, 0.3) is 0 Å². The van der Waals surface area contributed by atoms with Gasteiger partial charge in [-0.3, -0.25) is 0 Å². The lowest BCUT2D eigenvalue weighted by molar-refractivity contribution is 0.641. The molecular formula is C18H16ClN3. The summed E-state index contributed by atoms with van der Waals surface area (Å²) in [5.41, 5.74) is 7.01. The molecule has 2 N–H and O–H groups in total. The lowest BCUT2D eigenvalue weighted by Crippen LogP contribution is -2.22. The molecule has 110 valence electrons. The zero-order valence-electron chi connectivity index (χ0n) is 12.0. The van der Waals surface area contributed by atoms with Crippen molar-refractivity contribution in [2.45, 2.75) is 13.0 Å². The van der Waals surface area contributed by atoms with Crippen LogP contribution in [0.4, 0.5) is 0 Å². The molecule has 0 spiro atoms. The van der Waals surface area contributed by atoms with Crippen molar-refractivity contribution in [2.24, 2.45) is 0 Å². The van der Waals surface area contributed by atoms with Gasteiger partial charge >= 0.3 is 0 Å². The Kier molecular flexibility index (Phi) is 3.89. The van der Waals surface area contributed by atoms with E-state index in [1.165, 1.54) is 27.7 Å². The average molecular weight is 310 g/mol. The molecule has 0 unspecified atom stereocenters. The van der Waals surface area contributed by atoms with Crippen LogP contribution in [0, 0.1) is 11.3 Å². The van der Waals surface area contributed by atoms with Crippen molar-refractivity contribution < 1.29 is 0 Å². The number of hydrogen-bond donors (Lipinski definition) is 2. The van der Waals surface area contributed by atoms with Gasteiger partial charge in [-0.1, -0.05) is 18.2 Å². The SMILES string of the molecule is Cl.N#Cc1ccc(-c2ccc3[nH]c4c(c3c2)CNCC4)cc1. The molecule has 3 aromatic rings. The van der Waals surface area contributed by atoms with Crippen molar-refractivity contribution in [3.8, 4) is 17.2 Å². The molecule has 22 heavy (non-hydrogen) atoms. The summed E-state index contributed by atoms with van der Waals surface area (Å²) in [6, 6.07) is 16.5. The molecule has 3 nitrogen and oxygen atoms in total. The predicted molar refractivity (Wildman–Crippen MR) is 91.1 cm³/mol. The van der Waals surface area contributed by atoms with Crippen LogP contribution in [-0.4, -0.2) is 11.5 Å². The van der Waals surface area contributed by atoms with E-state index in [-0.39, 0.29) is 12.4 Å². The lowest BCUT2D eigenvalue weighted by Gasteiger charge is -2.12. The van der Waals surface area contributed by atoms with Crippen LogP contribution >= 0.6 is 12.4 Å². The molecular weight excluding hydrogens is 294 g/mol. The normalized spacial score (nSPS) is 13.2. The van der Waals surface area contributed by atoms with Crippen LogP contribution in [0.25, 0.3) is 22.0 Å². The summed E-state index contributed by atoms with van der Waals surface area (Å²) in [4.78, 5) is 3.53. The molecule has 1 aromatic heterocycles. The third-order valence-corrected chi connectivity index (χ3v) is 4.20. The first-order valence-electron chi connectivity index (χ1n) is 7.20. The number of fused-ring (bicyclic) bond motifs is 3. The van der Waals surface area contributed by atoms with Crippen molar-refractivity contribution >= 4 is 23.3 Å². The molecule has 0 saturated carbocycles. The zero-order chi connectivity index (χ0) is 14.2. The van der Waals surface area contributed by atoms with Crippen molar-refractivity contribution in [3.05, 3.63) is 59.3 Å². The summed E-state index contributed by atoms with van der Waals surface area (Å²) < 4.78 is 0. The molecule has 0 bridgehead atoms. The number of H-pyrrole nitrogens is 1. The van der Waals surface area contributed by atoms with Gasteiger partial charge in [-0.25, -0.2) is 0 Å². The van der Waals surface area contributed by atoms with Crippen molar-refractivity contribution in [1.82, 2.24) is 10.3 Å². The number of halogens is 1. The molecule has 0 fully saturated rings. The summed E-state index contributed by atoms with van der Waals surface area (Å²) in [6.07, 6.45) is 1.07. The first-order chi connectivity index (χ1) is 10.3. The first kappa shape index (κ1) is 14.6. The second kappa shape index (κ2) is 5.84. The smallest absolute Gasteiger partial charge is 0.0991 e. The van der Waals surface area contributed by atoms with Gasteiger partial charge < -0.3 is 10.3 Å². The van der Waals surface area contributed by atoms with Gasteiger partial charge in [0.15, 0.2) is 0 Å². The molecule has 0 saturated heterocycles. The number of aromatic amines is 1. The zero-order valence-corrected chi connectivity index (χ0v) is 12.8. The van der Waals surface area contributed by atoms with Gasteiger partial charge in [-0.2, -0.15) is 5.26 Å². The minimum absolute atomic E-state index is 0. The molecule has 0 amide bonds. The number of nitriles is 1. The number of benzene rings is 2. The highest BCUT2D eigenvalue weighted by molar-refractivity contribution is 5.89. The molecule has 0 atom stereocenters. The maximum Gasteiger partial charge on any atom is 0.0991 e. The van der Waals surface area contributed by atoms with Crippen LogP contribution in [0.15, 0.2) is 42.5 Å². The molecule has 2 aromatic carbocycles. The van der Waals surface area contributed by atoms with Crippen LogP contribution in [0.1, 0.15) is 16.8 Å². The Morgan fingerprint density at radius 3 is 2.55 bits per heavy atom. The van der Waals surface area contributed by atoms with Crippen LogP contribution in [-0.2, 0) is 13.0 Å². The van der Waals surface area contributed by atoms with E-state index in [0.717, 1.165) is 25.1 Å². The monoisotopic (exact) mass is 309 g/mol. The van der Waals surface area contributed by atoms with Crippen LogP contribution in [0.3, 0.4) is 0 Å². The Morgan fingerprint density at radius 2 is 1.77 bits per heavy atom. The summed E-state index contributed by atoms with van der Waals surface area (Å²) in [6.45, 7) is 1.98. The van der Waals surface area contributed by atoms with Gasteiger partial charge in [0.05, 0.1) is 11.6 Å². The van der Waals surface area contributed by atoms with Crippen LogP contribution in [0.2, 0.25) is 0 Å². The van der Waals surface area contributed by atoms with Crippen molar-refractivity contribution in [2.75, 3.05) is 6.54 Å². The second-order valence-electron chi connectivity index (χ2n) is 5.46. The van der Waals surface area contributed by atoms with E-state index in [0.29, 0.717) is 5.56 Å². The Labute approximate surface area is 135 Å². The molecule has 0 radical (unpaired) electrons. The fraction of sp³-hybridized carbons (Fsp3) is 0.167. The molecule has 0 aliphatic carbocycles. The Bertz CT molecular complexity index is 856. The van der Waals surface area contributed by atoms with E-state index >= 15 is 0 Å². The van der Waals surface area contributed by atoms with Crippen molar-refractivity contribution in [1.29, 1.82) is 5.26 Å². The standard InChI is InChI=1S/C18H15N3.ClH/c19-10-12-1-3-13(4-2-12)14-5-6-17-15(9-14)16-11-20-8-7-18(16)21-17;/h1-6,9,20-21H,7-8,11H2;1H. The van der Waals surface area contributed by atoms with Crippen LogP contribution < -0.4 is 5.32 Å². The van der Waals surface area contributed by atoms with E-state index in [2.05, 4.69) is 34.6 Å². The minimum atomic E-state index is 0. The number of nitrogens with one attached hydrogen (secondary N) is 2. The van der Waals surface area contributed by atoms with Crippen molar-refractivity contribution in [3.63, 3.8) is 0 Å². The van der Waals surface area contributed by atoms with E-state index < -0.39 is 0 Å². The fourth-order valence-corrected chi connectivity index (χ4v) is 3.06. The Hall–Kier alpha value is -2.28. The number of nitrogens with zero attached hydrogens (tertiary/aromatic N) is 1. The topological polar surface area (TPSA) is 51.6 Å². The van der Waals surface area contributed by atoms with Gasteiger partial charge in [-0.15, -0.1) is 12.4 Å². The maximum absolute atomic E-state index is 8.88. The summed E-state index contributed by atoms with van der Waals surface area (Å²) in [5.74, 6) is 0. The number of hydrogen-bond acceptors (Lipinski definition) is 2. The van der Waals surface area contributed by atoms with Crippen LogP contribution in [0.5, 0.6) is 0 Å². The summed E-state index contributed by atoms with van der Waals surface area (Å²) in [5, 5.41) is 13.6. The van der Waals surface area contributed by atoms with Gasteiger partial charge in [0, 0.05) is 36.1 Å². The van der Waals surface area contributed by atoms with Gasteiger partial charge in [-0.05, 0) is 41.0 Å². The third kappa shape index (κ3) is 2.37. The van der Waals surface area contributed by atoms with Gasteiger partial charge in [0.1, 0.15) is 0 Å². The van der Waals surface area contributed by atoms with Gasteiger partial charge in [0.2, 0.25) is 0 Å². The number of aromatic nitrogens is 1. The largest absolute Gasteiger partial charge is 0.358 e.